The number of aromatic nitrogens is 2. The van der Waals surface area contributed by atoms with Crippen LogP contribution in [0.3, 0.4) is 0 Å². The van der Waals surface area contributed by atoms with Crippen LogP contribution in [0.15, 0.2) is 29.2 Å². The van der Waals surface area contributed by atoms with E-state index in [-0.39, 0.29) is 42.5 Å². The Morgan fingerprint density at radius 3 is 2.59 bits per heavy atom. The molecule has 11 heteroatoms. The highest BCUT2D eigenvalue weighted by atomic mass is 35.5. The van der Waals surface area contributed by atoms with Crippen LogP contribution in [-0.4, -0.2) is 40.6 Å². The summed E-state index contributed by atoms with van der Waals surface area (Å²) >= 11 is 5.95. The Bertz CT molecular complexity index is 931. The quantitative estimate of drug-likeness (QED) is 0.798. The number of H-pyrrole nitrogens is 1. The number of hydrogen-bond acceptors (Lipinski definition) is 4. The van der Waals surface area contributed by atoms with E-state index in [1.54, 1.807) is 0 Å². The van der Waals surface area contributed by atoms with Gasteiger partial charge in [0.15, 0.2) is 0 Å². The fraction of sp³-hybridized carbons (Fsp3) is 0.312. The number of amides is 1. The van der Waals surface area contributed by atoms with Crippen LogP contribution in [0.4, 0.5) is 23.2 Å². The zero-order valence-corrected chi connectivity index (χ0v) is 14.4. The number of aromatic amines is 1. The van der Waals surface area contributed by atoms with Gasteiger partial charge in [-0.15, -0.1) is 0 Å². The van der Waals surface area contributed by atoms with E-state index in [2.05, 4.69) is 10.2 Å². The molecule has 27 heavy (non-hydrogen) atoms. The van der Waals surface area contributed by atoms with Crippen molar-refractivity contribution in [1.82, 2.24) is 15.1 Å². The van der Waals surface area contributed by atoms with E-state index in [1.807, 2.05) is 0 Å². The van der Waals surface area contributed by atoms with Gasteiger partial charge in [0.2, 0.25) is 5.91 Å². The molecule has 3 rings (SSSR count). The second-order valence-electron chi connectivity index (χ2n) is 5.93. The lowest BCUT2D eigenvalue weighted by Crippen LogP contribution is -2.51. The number of carbonyl (C=O) groups is 1. The number of hydrogen-bond donors (Lipinski definition) is 1. The molecule has 2 heterocycles. The SMILES string of the molecule is O=C1CN(c2c(Cl)cn[nH]c2=O)CCN1Cc1ccc(F)cc1C(F)(F)F. The molecule has 144 valence electrons. The Morgan fingerprint density at radius 1 is 1.22 bits per heavy atom. The maximum absolute atomic E-state index is 13.2. The maximum Gasteiger partial charge on any atom is 0.416 e. The van der Waals surface area contributed by atoms with E-state index in [0.717, 1.165) is 12.1 Å². The molecule has 2 aromatic rings. The summed E-state index contributed by atoms with van der Waals surface area (Å²) in [5.74, 6) is -1.49. The van der Waals surface area contributed by atoms with Crippen molar-refractivity contribution in [2.75, 3.05) is 24.5 Å². The van der Waals surface area contributed by atoms with Crippen molar-refractivity contribution >= 4 is 23.2 Å². The highest BCUT2D eigenvalue weighted by molar-refractivity contribution is 6.33. The van der Waals surface area contributed by atoms with E-state index in [9.17, 15) is 27.2 Å². The molecule has 1 aromatic carbocycles. The van der Waals surface area contributed by atoms with Crippen LogP contribution in [0.25, 0.3) is 0 Å². The summed E-state index contributed by atoms with van der Waals surface area (Å²) in [6.45, 7) is -0.274. The van der Waals surface area contributed by atoms with Crippen LogP contribution in [0.5, 0.6) is 0 Å². The molecule has 0 atom stereocenters. The number of nitrogens with one attached hydrogen (secondary N) is 1. The molecule has 1 amide bonds. The fourth-order valence-electron chi connectivity index (χ4n) is 2.89. The van der Waals surface area contributed by atoms with E-state index in [0.29, 0.717) is 6.07 Å². The van der Waals surface area contributed by atoms with Crippen LogP contribution in [0.1, 0.15) is 11.1 Å². The highest BCUT2D eigenvalue weighted by Gasteiger charge is 2.35. The number of anilines is 1. The molecular formula is C16H13ClF4N4O2. The van der Waals surface area contributed by atoms with Crippen LogP contribution in [0.2, 0.25) is 5.02 Å². The third-order valence-corrected chi connectivity index (χ3v) is 4.44. The van der Waals surface area contributed by atoms with E-state index < -0.39 is 29.0 Å². The normalized spacial score (nSPS) is 15.4. The van der Waals surface area contributed by atoms with Gasteiger partial charge >= 0.3 is 6.18 Å². The molecule has 1 fully saturated rings. The second kappa shape index (κ2) is 7.18. The van der Waals surface area contributed by atoms with Gasteiger partial charge in [-0.05, 0) is 17.7 Å². The van der Waals surface area contributed by atoms with Crippen molar-refractivity contribution in [2.45, 2.75) is 12.7 Å². The van der Waals surface area contributed by atoms with Gasteiger partial charge in [0.1, 0.15) is 11.5 Å². The lowest BCUT2D eigenvalue weighted by molar-refractivity contribution is -0.140. The number of piperazine rings is 1. The number of nitrogens with zero attached hydrogens (tertiary/aromatic N) is 3. The lowest BCUT2D eigenvalue weighted by Gasteiger charge is -2.35. The summed E-state index contributed by atoms with van der Waals surface area (Å²) in [6.07, 6.45) is -3.51. The van der Waals surface area contributed by atoms with Crippen LogP contribution >= 0.6 is 11.6 Å². The smallest absolute Gasteiger partial charge is 0.355 e. The van der Waals surface area contributed by atoms with E-state index in [1.165, 1.54) is 16.0 Å². The predicted octanol–water partition coefficient (Wildman–Crippen LogP) is 2.43. The number of halogens is 5. The number of carbonyl (C=O) groups excluding carboxylic acids is 1. The fourth-order valence-corrected chi connectivity index (χ4v) is 3.14. The summed E-state index contributed by atoms with van der Waals surface area (Å²) in [7, 11) is 0. The highest BCUT2D eigenvalue weighted by Crippen LogP contribution is 2.33. The Hall–Kier alpha value is -2.62. The second-order valence-corrected chi connectivity index (χ2v) is 6.34. The number of rotatable bonds is 3. The minimum Gasteiger partial charge on any atom is -0.355 e. The van der Waals surface area contributed by atoms with Crippen LogP contribution < -0.4 is 10.5 Å². The zero-order valence-electron chi connectivity index (χ0n) is 13.7. The molecule has 0 saturated carbocycles. The summed E-state index contributed by atoms with van der Waals surface area (Å²) in [5, 5.41) is 5.82. The molecule has 1 N–H and O–H groups in total. The van der Waals surface area contributed by atoms with Crippen LogP contribution in [0, 0.1) is 5.82 Å². The largest absolute Gasteiger partial charge is 0.416 e. The van der Waals surface area contributed by atoms with Gasteiger partial charge in [0, 0.05) is 19.6 Å². The third-order valence-electron chi connectivity index (χ3n) is 4.16. The monoisotopic (exact) mass is 404 g/mol. The van der Waals surface area contributed by atoms with Crippen molar-refractivity contribution in [3.05, 3.63) is 56.7 Å². The predicted molar refractivity (Wildman–Crippen MR) is 88.9 cm³/mol. The van der Waals surface area contributed by atoms with Gasteiger partial charge < -0.3 is 9.80 Å². The zero-order chi connectivity index (χ0) is 19.8. The first-order valence-electron chi connectivity index (χ1n) is 7.78. The van der Waals surface area contributed by atoms with Crippen molar-refractivity contribution in [3.63, 3.8) is 0 Å². The van der Waals surface area contributed by atoms with Crippen molar-refractivity contribution in [1.29, 1.82) is 0 Å². The van der Waals surface area contributed by atoms with Crippen molar-refractivity contribution in [2.24, 2.45) is 0 Å². The average molecular weight is 405 g/mol. The minimum absolute atomic E-state index is 0.0675. The first-order chi connectivity index (χ1) is 12.7. The summed E-state index contributed by atoms with van der Waals surface area (Å²) < 4.78 is 52.6. The standard InChI is InChI=1S/C16H13ClF4N4O2/c17-12-6-22-23-15(27)14(12)25-4-3-24(13(26)8-25)7-9-1-2-10(18)5-11(9)16(19,20)21/h1-2,5-6H,3-4,7-8H2,(H,23,27). The first kappa shape index (κ1) is 19.2. The number of benzene rings is 1. The Labute approximate surface area is 155 Å². The maximum atomic E-state index is 13.2. The van der Waals surface area contributed by atoms with Crippen molar-refractivity contribution < 1.29 is 22.4 Å². The minimum atomic E-state index is -4.74. The van der Waals surface area contributed by atoms with Crippen molar-refractivity contribution in [3.8, 4) is 0 Å². The van der Waals surface area contributed by atoms with Crippen LogP contribution in [-0.2, 0) is 17.5 Å². The summed E-state index contributed by atoms with van der Waals surface area (Å²) in [4.78, 5) is 26.9. The number of alkyl halides is 3. The van der Waals surface area contributed by atoms with Gasteiger partial charge in [-0.1, -0.05) is 17.7 Å². The van der Waals surface area contributed by atoms with Gasteiger partial charge in [-0.25, -0.2) is 9.49 Å². The first-order valence-corrected chi connectivity index (χ1v) is 8.16. The van der Waals surface area contributed by atoms with Gasteiger partial charge in [-0.2, -0.15) is 18.3 Å². The molecule has 1 aliphatic heterocycles. The molecule has 0 aliphatic carbocycles. The molecule has 1 saturated heterocycles. The Morgan fingerprint density at radius 2 is 1.96 bits per heavy atom. The molecule has 6 nitrogen and oxygen atoms in total. The molecule has 0 unspecified atom stereocenters. The van der Waals surface area contributed by atoms with E-state index >= 15 is 0 Å². The molecule has 0 bridgehead atoms. The molecule has 0 radical (unpaired) electrons. The van der Waals surface area contributed by atoms with Gasteiger partial charge in [0.25, 0.3) is 5.56 Å². The summed E-state index contributed by atoms with van der Waals surface area (Å²) in [6, 6.07) is 2.34. The molecule has 1 aliphatic rings. The average Bonchev–Trinajstić information content (AvgIpc) is 2.57. The lowest BCUT2D eigenvalue weighted by atomic mass is 10.1. The Balaban J connectivity index is 1.79. The molecular weight excluding hydrogens is 392 g/mol. The van der Waals surface area contributed by atoms with Gasteiger partial charge in [-0.3, -0.25) is 9.59 Å². The molecule has 0 spiro atoms. The third kappa shape index (κ3) is 4.05. The van der Waals surface area contributed by atoms with E-state index in [4.69, 9.17) is 11.6 Å². The van der Waals surface area contributed by atoms with Gasteiger partial charge in [0.05, 0.1) is 23.3 Å². The Kier molecular flexibility index (Phi) is 5.09. The summed E-state index contributed by atoms with van der Waals surface area (Å²) in [5.41, 5.74) is -1.81. The topological polar surface area (TPSA) is 69.3 Å². The molecule has 1 aromatic heterocycles.